The third kappa shape index (κ3) is 2.42. The van der Waals surface area contributed by atoms with Crippen molar-refractivity contribution in [2.24, 2.45) is 5.92 Å². The number of nitrogens with zero attached hydrogens (tertiary/aromatic N) is 3. The molecule has 0 aliphatic heterocycles. The summed E-state index contributed by atoms with van der Waals surface area (Å²) in [7, 11) is 0. The second-order valence-electron chi connectivity index (χ2n) is 5.25. The van der Waals surface area contributed by atoms with Crippen LogP contribution in [0.15, 0.2) is 35.7 Å². The molecule has 21 heavy (non-hydrogen) atoms. The summed E-state index contributed by atoms with van der Waals surface area (Å²) >= 11 is 1.67. The molecule has 0 saturated carbocycles. The van der Waals surface area contributed by atoms with Crippen molar-refractivity contribution in [2.75, 3.05) is 0 Å². The van der Waals surface area contributed by atoms with Gasteiger partial charge in [0.1, 0.15) is 5.52 Å². The number of hydrogen-bond donors (Lipinski definition) is 1. The molecule has 1 aromatic carbocycles. The quantitative estimate of drug-likeness (QED) is 0.801. The molecule has 0 radical (unpaired) electrons. The highest BCUT2D eigenvalue weighted by molar-refractivity contribution is 7.10. The Morgan fingerprint density at radius 3 is 2.76 bits per heavy atom. The molecule has 0 amide bonds. The largest absolute Gasteiger partial charge is 0.478 e. The Bertz CT molecular complexity index is 777. The summed E-state index contributed by atoms with van der Waals surface area (Å²) in [6.07, 6.45) is 0. The van der Waals surface area contributed by atoms with Gasteiger partial charge in [-0.25, -0.2) is 9.48 Å². The molecule has 5 nitrogen and oxygen atoms in total. The summed E-state index contributed by atoms with van der Waals surface area (Å²) in [6.45, 7) is 4.25. The summed E-state index contributed by atoms with van der Waals surface area (Å²) in [5.74, 6) is -0.621. The Morgan fingerprint density at radius 1 is 1.33 bits per heavy atom. The predicted octanol–water partition coefficient (Wildman–Crippen LogP) is 3.44. The normalized spacial score (nSPS) is 12.9. The molecule has 0 bridgehead atoms. The van der Waals surface area contributed by atoms with Crippen LogP contribution in [0.4, 0.5) is 0 Å². The van der Waals surface area contributed by atoms with Crippen molar-refractivity contribution in [3.05, 3.63) is 46.2 Å². The van der Waals surface area contributed by atoms with E-state index in [9.17, 15) is 4.79 Å². The molecular weight excluding hydrogens is 286 g/mol. The van der Waals surface area contributed by atoms with Crippen LogP contribution in [0, 0.1) is 5.92 Å². The predicted molar refractivity (Wildman–Crippen MR) is 81.8 cm³/mol. The average Bonchev–Trinajstić information content (AvgIpc) is 3.09. The molecule has 1 unspecified atom stereocenters. The van der Waals surface area contributed by atoms with Gasteiger partial charge in [-0.2, -0.15) is 0 Å². The maximum atomic E-state index is 11.2. The maximum Gasteiger partial charge on any atom is 0.335 e. The highest BCUT2D eigenvalue weighted by atomic mass is 32.1. The van der Waals surface area contributed by atoms with Gasteiger partial charge in [0.2, 0.25) is 0 Å². The molecule has 2 aromatic heterocycles. The van der Waals surface area contributed by atoms with Crippen molar-refractivity contribution in [1.29, 1.82) is 0 Å². The van der Waals surface area contributed by atoms with E-state index < -0.39 is 5.97 Å². The summed E-state index contributed by atoms with van der Waals surface area (Å²) in [6, 6.07) is 9.04. The van der Waals surface area contributed by atoms with Crippen LogP contribution in [0.3, 0.4) is 0 Å². The molecule has 0 saturated heterocycles. The van der Waals surface area contributed by atoms with Gasteiger partial charge in [-0.3, -0.25) is 0 Å². The number of carboxylic acid groups (broad SMARTS) is 1. The number of aromatic carboxylic acids is 1. The number of carbonyl (C=O) groups is 1. The van der Waals surface area contributed by atoms with Crippen LogP contribution in [-0.2, 0) is 0 Å². The Kier molecular flexibility index (Phi) is 3.47. The second kappa shape index (κ2) is 5.29. The van der Waals surface area contributed by atoms with Crippen molar-refractivity contribution in [3.8, 4) is 0 Å². The van der Waals surface area contributed by atoms with Crippen LogP contribution >= 0.6 is 11.3 Å². The Balaban J connectivity index is 2.18. The van der Waals surface area contributed by atoms with Crippen LogP contribution in [0.25, 0.3) is 11.0 Å². The fourth-order valence-corrected chi connectivity index (χ4v) is 3.45. The van der Waals surface area contributed by atoms with Crippen LogP contribution in [0.5, 0.6) is 0 Å². The lowest BCUT2D eigenvalue weighted by Gasteiger charge is -2.20. The van der Waals surface area contributed by atoms with Crippen LogP contribution in [0.2, 0.25) is 0 Å². The molecule has 1 atom stereocenters. The van der Waals surface area contributed by atoms with Crippen LogP contribution in [-0.4, -0.2) is 26.1 Å². The number of aromatic nitrogens is 3. The van der Waals surface area contributed by atoms with Crippen molar-refractivity contribution in [2.45, 2.75) is 19.9 Å². The number of rotatable bonds is 4. The van der Waals surface area contributed by atoms with Crippen LogP contribution in [0.1, 0.15) is 35.1 Å². The molecule has 0 aliphatic carbocycles. The van der Waals surface area contributed by atoms with E-state index in [4.69, 9.17) is 5.11 Å². The minimum atomic E-state index is -0.943. The number of carboxylic acids is 1. The first-order valence-corrected chi connectivity index (χ1v) is 7.57. The second-order valence-corrected chi connectivity index (χ2v) is 6.23. The Morgan fingerprint density at radius 2 is 2.14 bits per heavy atom. The highest BCUT2D eigenvalue weighted by Gasteiger charge is 2.22. The lowest BCUT2D eigenvalue weighted by atomic mass is 10.0. The lowest BCUT2D eigenvalue weighted by molar-refractivity contribution is 0.0697. The standard InChI is InChI=1S/C15H15N3O2S/c1-9(2)14(13-4-3-7-21-13)18-12-8-10(15(19)20)5-6-11(12)16-17-18/h3-9,14H,1-2H3,(H,19,20). The maximum absolute atomic E-state index is 11.2. The minimum absolute atomic E-state index is 0.0547. The number of hydrogen-bond acceptors (Lipinski definition) is 4. The molecule has 108 valence electrons. The van der Waals surface area contributed by atoms with Gasteiger partial charge in [-0.05, 0) is 35.6 Å². The minimum Gasteiger partial charge on any atom is -0.478 e. The zero-order valence-electron chi connectivity index (χ0n) is 11.7. The lowest BCUT2D eigenvalue weighted by Crippen LogP contribution is -2.17. The van der Waals surface area contributed by atoms with Gasteiger partial charge >= 0.3 is 5.97 Å². The van der Waals surface area contributed by atoms with Crippen molar-refractivity contribution >= 4 is 28.3 Å². The highest BCUT2D eigenvalue weighted by Crippen LogP contribution is 2.31. The van der Waals surface area contributed by atoms with Crippen LogP contribution < -0.4 is 0 Å². The smallest absolute Gasteiger partial charge is 0.335 e. The van der Waals surface area contributed by atoms with E-state index in [0.717, 1.165) is 5.52 Å². The van der Waals surface area contributed by atoms with E-state index >= 15 is 0 Å². The number of thiophene rings is 1. The molecular formula is C15H15N3O2S. The van der Waals surface area contributed by atoms with Gasteiger partial charge in [0.25, 0.3) is 0 Å². The SMILES string of the molecule is CC(C)C(c1cccs1)n1nnc2ccc(C(=O)O)cc21. The van der Waals surface area contributed by atoms with E-state index in [-0.39, 0.29) is 11.6 Å². The third-order valence-corrected chi connectivity index (χ3v) is 4.39. The van der Waals surface area contributed by atoms with E-state index in [2.05, 4.69) is 30.2 Å². The Labute approximate surface area is 125 Å². The molecule has 3 rings (SSSR count). The van der Waals surface area contributed by atoms with Crippen molar-refractivity contribution < 1.29 is 9.90 Å². The van der Waals surface area contributed by atoms with E-state index in [1.807, 2.05) is 16.1 Å². The van der Waals surface area contributed by atoms with E-state index in [1.165, 1.54) is 4.88 Å². The fraction of sp³-hybridized carbons (Fsp3) is 0.267. The summed E-state index contributed by atoms with van der Waals surface area (Å²) < 4.78 is 1.83. The first-order valence-electron chi connectivity index (χ1n) is 6.69. The zero-order valence-corrected chi connectivity index (χ0v) is 12.5. The van der Waals surface area contributed by atoms with Gasteiger partial charge in [0, 0.05) is 4.88 Å². The number of fused-ring (bicyclic) bond motifs is 1. The molecule has 0 aliphatic rings. The third-order valence-electron chi connectivity index (χ3n) is 3.45. The number of benzene rings is 1. The van der Waals surface area contributed by atoms with Gasteiger partial charge in [-0.1, -0.05) is 25.1 Å². The van der Waals surface area contributed by atoms with Gasteiger partial charge in [0.05, 0.1) is 17.1 Å². The van der Waals surface area contributed by atoms with Gasteiger partial charge in [-0.15, -0.1) is 16.4 Å². The molecule has 0 spiro atoms. The van der Waals surface area contributed by atoms with Crippen molar-refractivity contribution in [3.63, 3.8) is 0 Å². The van der Waals surface area contributed by atoms with Gasteiger partial charge < -0.3 is 5.11 Å². The average molecular weight is 301 g/mol. The molecule has 1 N–H and O–H groups in total. The van der Waals surface area contributed by atoms with E-state index in [1.54, 1.807) is 29.5 Å². The Hall–Kier alpha value is -2.21. The summed E-state index contributed by atoms with van der Waals surface area (Å²) in [5, 5.41) is 19.6. The molecule has 2 heterocycles. The van der Waals surface area contributed by atoms with E-state index in [0.29, 0.717) is 11.4 Å². The zero-order chi connectivity index (χ0) is 15.0. The first kappa shape index (κ1) is 13.8. The topological polar surface area (TPSA) is 68.0 Å². The summed E-state index contributed by atoms with van der Waals surface area (Å²) in [4.78, 5) is 12.4. The fourth-order valence-electron chi connectivity index (χ4n) is 2.47. The van der Waals surface area contributed by atoms with Crippen molar-refractivity contribution in [1.82, 2.24) is 15.0 Å². The van der Waals surface area contributed by atoms with Gasteiger partial charge in [0.15, 0.2) is 0 Å². The summed E-state index contributed by atoms with van der Waals surface area (Å²) in [5.41, 5.74) is 1.71. The first-order chi connectivity index (χ1) is 10.1. The molecule has 6 heteroatoms. The monoisotopic (exact) mass is 301 g/mol. The molecule has 3 aromatic rings. The molecule has 0 fully saturated rings.